The summed E-state index contributed by atoms with van der Waals surface area (Å²) in [7, 11) is 0. The van der Waals surface area contributed by atoms with Crippen LogP contribution in [0.3, 0.4) is 0 Å². The molecule has 0 atom stereocenters. The van der Waals surface area contributed by atoms with E-state index in [-0.39, 0.29) is 0 Å². The van der Waals surface area contributed by atoms with Crippen molar-refractivity contribution in [3.8, 4) is 0 Å². The smallest absolute Gasteiger partial charge is 0.302 e. The normalized spacial score (nSPS) is 12.7. The number of hydrogen-bond acceptors (Lipinski definition) is 3. The van der Waals surface area contributed by atoms with Crippen molar-refractivity contribution in [2.24, 2.45) is 0 Å². The standard InChI is InChI=1S/C20H13F2N3OS/c21-13-5-2-6-14(22)18(13)23-19(26)25-20-24-17-12-4-1-3-10-7-8-11(16(10)12)9-15(17)27-20/h1-6,9H,7-8H2,(H2,23,24,25,26). The Hall–Kier alpha value is -3.06. The molecule has 0 radical (unpaired) electrons. The number of para-hydroxylation sites is 1. The maximum atomic E-state index is 13.7. The van der Waals surface area contributed by atoms with E-state index in [2.05, 4.69) is 27.8 Å². The lowest BCUT2D eigenvalue weighted by molar-refractivity contribution is 0.262. The van der Waals surface area contributed by atoms with Gasteiger partial charge in [0, 0.05) is 5.39 Å². The largest absolute Gasteiger partial charge is 0.325 e. The molecule has 0 bridgehead atoms. The minimum Gasteiger partial charge on any atom is -0.302 e. The highest BCUT2D eigenvalue weighted by atomic mass is 32.1. The second-order valence-corrected chi connectivity index (χ2v) is 7.45. The van der Waals surface area contributed by atoms with Crippen molar-refractivity contribution in [1.29, 1.82) is 0 Å². The average molecular weight is 381 g/mol. The zero-order valence-corrected chi connectivity index (χ0v) is 14.8. The summed E-state index contributed by atoms with van der Waals surface area (Å²) in [5, 5.41) is 7.48. The molecule has 0 saturated heterocycles. The highest BCUT2D eigenvalue weighted by molar-refractivity contribution is 7.22. The van der Waals surface area contributed by atoms with E-state index in [0.717, 1.165) is 40.6 Å². The molecular formula is C20H13F2N3OS. The first-order chi connectivity index (χ1) is 13.1. The Morgan fingerprint density at radius 2 is 1.74 bits per heavy atom. The van der Waals surface area contributed by atoms with Gasteiger partial charge in [-0.1, -0.05) is 35.6 Å². The van der Waals surface area contributed by atoms with Crippen LogP contribution < -0.4 is 10.6 Å². The fraction of sp³-hybridized carbons (Fsp3) is 0.100. The van der Waals surface area contributed by atoms with Gasteiger partial charge >= 0.3 is 6.03 Å². The van der Waals surface area contributed by atoms with Crippen molar-refractivity contribution < 1.29 is 13.6 Å². The van der Waals surface area contributed by atoms with Crippen LogP contribution in [0, 0.1) is 11.6 Å². The molecule has 4 aromatic rings. The number of carbonyl (C=O) groups is 1. The van der Waals surface area contributed by atoms with Gasteiger partial charge in [0.2, 0.25) is 0 Å². The molecule has 0 aliphatic heterocycles. The van der Waals surface area contributed by atoms with Crippen molar-refractivity contribution in [3.05, 3.63) is 65.2 Å². The van der Waals surface area contributed by atoms with E-state index in [1.807, 2.05) is 12.1 Å². The van der Waals surface area contributed by atoms with Gasteiger partial charge in [0.25, 0.3) is 0 Å². The molecule has 0 fully saturated rings. The van der Waals surface area contributed by atoms with Crippen LogP contribution in [0.5, 0.6) is 0 Å². The van der Waals surface area contributed by atoms with Gasteiger partial charge in [-0.3, -0.25) is 5.32 Å². The Morgan fingerprint density at radius 1 is 1.00 bits per heavy atom. The quantitative estimate of drug-likeness (QED) is 0.484. The fourth-order valence-corrected chi connectivity index (χ4v) is 4.56. The lowest BCUT2D eigenvalue weighted by Crippen LogP contribution is -2.20. The first-order valence-electron chi connectivity index (χ1n) is 8.46. The maximum absolute atomic E-state index is 13.7. The Kier molecular flexibility index (Phi) is 3.58. The Balaban J connectivity index is 1.49. The summed E-state index contributed by atoms with van der Waals surface area (Å²) in [4.78, 5) is 16.7. The number of aromatic nitrogens is 1. The van der Waals surface area contributed by atoms with Crippen LogP contribution >= 0.6 is 11.3 Å². The third-order valence-corrected chi connectivity index (χ3v) is 5.69. The summed E-state index contributed by atoms with van der Waals surface area (Å²) in [6.45, 7) is 0. The molecule has 1 heterocycles. The molecule has 4 nitrogen and oxygen atoms in total. The van der Waals surface area contributed by atoms with E-state index in [1.54, 1.807) is 0 Å². The Labute approximate surface area is 156 Å². The van der Waals surface area contributed by atoms with Crippen LogP contribution in [-0.2, 0) is 12.8 Å². The van der Waals surface area contributed by atoms with Gasteiger partial charge in [-0.05, 0) is 47.6 Å². The predicted molar refractivity (Wildman–Crippen MR) is 104 cm³/mol. The first-order valence-corrected chi connectivity index (χ1v) is 9.28. The zero-order valence-electron chi connectivity index (χ0n) is 14.0. The van der Waals surface area contributed by atoms with Crippen LogP contribution in [0.15, 0.2) is 42.5 Å². The lowest BCUT2D eigenvalue weighted by atomic mass is 10.0. The van der Waals surface area contributed by atoms with E-state index >= 15 is 0 Å². The van der Waals surface area contributed by atoms with Crippen LogP contribution in [0.2, 0.25) is 0 Å². The Morgan fingerprint density at radius 3 is 2.56 bits per heavy atom. The predicted octanol–water partition coefficient (Wildman–Crippen LogP) is 5.47. The molecule has 5 rings (SSSR count). The van der Waals surface area contributed by atoms with Gasteiger partial charge in [0.15, 0.2) is 5.13 Å². The summed E-state index contributed by atoms with van der Waals surface area (Å²) in [5.74, 6) is -1.67. The van der Waals surface area contributed by atoms with Crippen molar-refractivity contribution >= 4 is 49.2 Å². The summed E-state index contributed by atoms with van der Waals surface area (Å²) >= 11 is 1.34. The molecule has 0 saturated carbocycles. The highest BCUT2D eigenvalue weighted by Crippen LogP contribution is 2.39. The second-order valence-electron chi connectivity index (χ2n) is 6.42. The van der Waals surface area contributed by atoms with Crippen molar-refractivity contribution in [3.63, 3.8) is 0 Å². The molecule has 0 spiro atoms. The van der Waals surface area contributed by atoms with E-state index in [9.17, 15) is 13.6 Å². The second kappa shape index (κ2) is 5.99. The zero-order chi connectivity index (χ0) is 18.5. The summed E-state index contributed by atoms with van der Waals surface area (Å²) < 4.78 is 28.3. The van der Waals surface area contributed by atoms with Crippen LogP contribution in [-0.4, -0.2) is 11.0 Å². The summed E-state index contributed by atoms with van der Waals surface area (Å²) in [6.07, 6.45) is 2.03. The van der Waals surface area contributed by atoms with Crippen molar-refractivity contribution in [1.82, 2.24) is 4.98 Å². The number of amides is 2. The van der Waals surface area contributed by atoms with Crippen LogP contribution in [0.1, 0.15) is 11.1 Å². The monoisotopic (exact) mass is 381 g/mol. The SMILES string of the molecule is O=C(Nc1nc2c(cc3c4c(cccc42)CC3)s1)Nc1c(F)cccc1F. The van der Waals surface area contributed by atoms with Crippen molar-refractivity contribution in [2.45, 2.75) is 12.8 Å². The van der Waals surface area contributed by atoms with Gasteiger partial charge in [0.05, 0.1) is 10.2 Å². The van der Waals surface area contributed by atoms with Crippen molar-refractivity contribution in [2.75, 3.05) is 10.6 Å². The van der Waals surface area contributed by atoms with E-state index in [1.165, 1.54) is 33.9 Å². The van der Waals surface area contributed by atoms with Gasteiger partial charge in [0.1, 0.15) is 17.3 Å². The number of halogens is 2. The number of aryl methyl sites for hydroxylation is 2. The molecule has 1 aliphatic carbocycles. The van der Waals surface area contributed by atoms with Gasteiger partial charge in [-0.2, -0.15) is 0 Å². The molecule has 0 unspecified atom stereocenters. The lowest BCUT2D eigenvalue weighted by Gasteiger charge is -2.07. The highest BCUT2D eigenvalue weighted by Gasteiger charge is 2.19. The number of nitrogens with one attached hydrogen (secondary N) is 2. The topological polar surface area (TPSA) is 54.0 Å². The van der Waals surface area contributed by atoms with Gasteiger partial charge in [-0.25, -0.2) is 18.6 Å². The summed E-state index contributed by atoms with van der Waals surface area (Å²) in [5.41, 5.74) is 2.96. The maximum Gasteiger partial charge on any atom is 0.325 e. The first kappa shape index (κ1) is 16.1. The minimum absolute atomic E-state index is 0.378. The number of rotatable bonds is 2. The van der Waals surface area contributed by atoms with Gasteiger partial charge in [-0.15, -0.1) is 0 Å². The van der Waals surface area contributed by atoms with E-state index in [0.29, 0.717) is 5.13 Å². The minimum atomic E-state index is -0.834. The third-order valence-electron chi connectivity index (χ3n) is 4.77. The number of benzene rings is 3. The number of urea groups is 1. The van der Waals surface area contributed by atoms with Crippen LogP contribution in [0.4, 0.5) is 24.4 Å². The summed E-state index contributed by atoms with van der Waals surface area (Å²) in [6, 6.07) is 11.0. The molecule has 2 N–H and O–H groups in total. The number of nitrogens with zero attached hydrogens (tertiary/aromatic N) is 1. The molecule has 7 heteroatoms. The molecule has 134 valence electrons. The number of hydrogen-bond donors (Lipinski definition) is 2. The number of thiazole rings is 1. The molecule has 2 amide bonds. The Bertz CT molecular complexity index is 1210. The molecular weight excluding hydrogens is 368 g/mol. The fourth-order valence-electron chi connectivity index (χ4n) is 3.62. The average Bonchev–Trinajstić information content (AvgIpc) is 3.24. The molecule has 3 aromatic carbocycles. The number of fused-ring (bicyclic) bond motifs is 2. The molecule has 1 aromatic heterocycles. The number of anilines is 2. The van der Waals surface area contributed by atoms with Crippen LogP contribution in [0.25, 0.3) is 21.0 Å². The van der Waals surface area contributed by atoms with E-state index < -0.39 is 23.4 Å². The van der Waals surface area contributed by atoms with E-state index in [4.69, 9.17) is 0 Å². The molecule has 1 aliphatic rings. The number of carbonyl (C=O) groups excluding carboxylic acids is 1. The van der Waals surface area contributed by atoms with Gasteiger partial charge < -0.3 is 5.32 Å². The third kappa shape index (κ3) is 2.62. The molecule has 27 heavy (non-hydrogen) atoms.